The lowest BCUT2D eigenvalue weighted by Crippen LogP contribution is -2.35. The number of hydrogen-bond acceptors (Lipinski definition) is 4. The molecular weight excluding hydrogens is 228 g/mol. The molecule has 92 valence electrons. The van der Waals surface area contributed by atoms with Crippen molar-refractivity contribution in [2.24, 2.45) is 0 Å². The van der Waals surface area contributed by atoms with Gasteiger partial charge in [-0.05, 0) is 0 Å². The van der Waals surface area contributed by atoms with Crippen LogP contribution < -0.4 is 0 Å². The molecule has 0 aliphatic carbocycles. The first-order valence-electron chi connectivity index (χ1n) is 6.29. The number of aromatic nitrogens is 2. The monoisotopic (exact) mass is 243 g/mol. The summed E-state index contributed by atoms with van der Waals surface area (Å²) in [5.41, 5.74) is 0.557. The van der Waals surface area contributed by atoms with E-state index in [0.29, 0.717) is 12.1 Å². The summed E-state index contributed by atoms with van der Waals surface area (Å²) >= 11 is 0. The predicted molar refractivity (Wildman–Crippen MR) is 54.6 cm³/mol. The van der Waals surface area contributed by atoms with E-state index in [4.69, 9.17) is 9.22 Å². The average molecular weight is 243 g/mol. The summed E-state index contributed by atoms with van der Waals surface area (Å²) in [6, 6.07) is 0. The van der Waals surface area contributed by atoms with E-state index < -0.39 is 19.0 Å². The Morgan fingerprint density at radius 3 is 3.06 bits per heavy atom. The zero-order valence-corrected chi connectivity index (χ0v) is 8.67. The molecule has 0 saturated carbocycles. The lowest BCUT2D eigenvalue weighted by atomic mass is 10.1. The van der Waals surface area contributed by atoms with Crippen molar-refractivity contribution in [3.05, 3.63) is 17.0 Å². The molecule has 0 atom stereocenters. The first-order valence-corrected chi connectivity index (χ1v) is 4.79. The quantitative estimate of drug-likeness (QED) is 0.471. The van der Waals surface area contributed by atoms with Gasteiger partial charge in [0.15, 0.2) is 0 Å². The van der Waals surface area contributed by atoms with Crippen molar-refractivity contribution in [2.75, 3.05) is 13.5 Å². The minimum absolute atomic E-state index is 0.0862. The van der Waals surface area contributed by atoms with Crippen LogP contribution in [0.2, 0.25) is 0 Å². The van der Waals surface area contributed by atoms with Crippen LogP contribution in [0.5, 0.6) is 0 Å². The number of nitrogens with one attached hydrogen (secondary N) is 1. The van der Waals surface area contributed by atoms with Crippen LogP contribution in [0.1, 0.15) is 25.9 Å². The number of amides is 2. The Morgan fingerprint density at radius 1 is 1.65 bits per heavy atom. The fourth-order valence-corrected chi connectivity index (χ4v) is 1.74. The van der Waals surface area contributed by atoms with E-state index >= 15 is 0 Å². The first kappa shape index (κ1) is 8.07. The van der Waals surface area contributed by atoms with Crippen molar-refractivity contribution in [1.29, 1.82) is 0 Å². The van der Waals surface area contributed by atoms with Gasteiger partial charge in [0.05, 0.1) is 12.2 Å². The maximum atomic E-state index is 11.9. The number of carboxylic acid groups (broad SMARTS) is 1. The highest BCUT2D eigenvalue weighted by Crippen LogP contribution is 2.20. The Bertz CT molecular complexity index is 556. The molecule has 17 heavy (non-hydrogen) atoms. The van der Waals surface area contributed by atoms with Crippen molar-refractivity contribution in [3.8, 4) is 0 Å². The number of nitrogens with zero attached hydrogens (tertiary/aromatic N) is 3. The second-order valence-corrected chi connectivity index (χ2v) is 3.59. The summed E-state index contributed by atoms with van der Waals surface area (Å²) in [6.07, 6.45) is -0.836. The van der Waals surface area contributed by atoms with Crippen LogP contribution in [0.15, 0.2) is 0 Å². The van der Waals surface area contributed by atoms with Gasteiger partial charge in [-0.15, -0.1) is 0 Å². The Kier molecular flexibility index (Phi) is 1.92. The Balaban J connectivity index is 2.30. The second kappa shape index (κ2) is 4.06. The molecule has 0 aromatic carbocycles. The molecule has 1 aromatic heterocycles. The number of fused-ring (bicyclic) bond motifs is 1. The summed E-state index contributed by atoms with van der Waals surface area (Å²) in [6.45, 7) is -2.85. The predicted octanol–water partition coefficient (Wildman–Crippen LogP) is -0.0930. The number of hydroxylamine groups is 2. The maximum absolute atomic E-state index is 11.9. The van der Waals surface area contributed by atoms with Crippen LogP contribution in [0, 0.1) is 0 Å². The lowest BCUT2D eigenvalue weighted by molar-refractivity contribution is -0.0380. The molecule has 0 radical (unpaired) electrons. The largest absolute Gasteiger partial charge is 0.465 e. The fraction of sp³-hybridized carbons (Fsp3) is 0.444. The van der Waals surface area contributed by atoms with Gasteiger partial charge in [-0.25, -0.2) is 9.86 Å². The van der Waals surface area contributed by atoms with Crippen molar-refractivity contribution < 1.29 is 24.0 Å². The third kappa shape index (κ3) is 1.94. The highest BCUT2D eigenvalue weighted by Gasteiger charge is 2.28. The van der Waals surface area contributed by atoms with Crippen LogP contribution in [0.3, 0.4) is 0 Å². The highest BCUT2D eigenvalue weighted by atomic mass is 16.5. The third-order valence-corrected chi connectivity index (χ3v) is 2.60. The number of carbonyl (C=O) groups is 2. The van der Waals surface area contributed by atoms with Gasteiger partial charge < -0.3 is 10.0 Å². The van der Waals surface area contributed by atoms with Crippen molar-refractivity contribution in [3.63, 3.8) is 0 Å². The van der Waals surface area contributed by atoms with Crippen LogP contribution in [-0.4, -0.2) is 56.0 Å². The van der Waals surface area contributed by atoms with E-state index in [1.54, 1.807) is 0 Å². The van der Waals surface area contributed by atoms with Gasteiger partial charge in [0.1, 0.15) is 5.69 Å². The van der Waals surface area contributed by atoms with Gasteiger partial charge in [-0.2, -0.15) is 5.10 Å². The number of hydrogen-bond donors (Lipinski definition) is 3. The number of rotatable bonds is 1. The van der Waals surface area contributed by atoms with Gasteiger partial charge in [0.2, 0.25) is 0 Å². The molecule has 0 spiro atoms. The number of carbonyl (C=O) groups excluding carboxylic acids is 1. The zero-order valence-electron chi connectivity index (χ0n) is 11.7. The Labute approximate surface area is 101 Å². The first-order chi connectivity index (χ1) is 9.21. The lowest BCUT2D eigenvalue weighted by Gasteiger charge is -2.23. The van der Waals surface area contributed by atoms with E-state index in [9.17, 15) is 14.8 Å². The molecular formula is C9H12N4O4. The molecule has 1 aromatic rings. The molecule has 2 heterocycles. The molecule has 0 bridgehead atoms. The van der Waals surface area contributed by atoms with E-state index in [1.807, 2.05) is 0 Å². The third-order valence-electron chi connectivity index (χ3n) is 2.60. The van der Waals surface area contributed by atoms with Gasteiger partial charge in [-0.1, -0.05) is 0 Å². The van der Waals surface area contributed by atoms with Gasteiger partial charge in [0.25, 0.3) is 5.91 Å². The molecule has 8 heteroatoms. The standard InChI is InChI=1S/C9H12N4O4/c1-12(17)8(14)7-5-4-13(9(15)16)3-2-6(5)10-11-7/h17H,2-4H2,1H3,(H,10,11)(H,15,16)/i1D3. The van der Waals surface area contributed by atoms with E-state index in [2.05, 4.69) is 10.2 Å². The summed E-state index contributed by atoms with van der Waals surface area (Å²) < 4.78 is 20.9. The topological polar surface area (TPSA) is 110 Å². The van der Waals surface area contributed by atoms with E-state index in [1.165, 1.54) is 0 Å². The number of H-pyrrole nitrogens is 1. The molecule has 2 rings (SSSR count). The molecule has 0 unspecified atom stereocenters. The molecule has 8 nitrogen and oxygen atoms in total. The SMILES string of the molecule is [2H]C([2H])([2H])N(O)C(=O)c1[nH]nc2c1CN(C(=O)O)CC2. The van der Waals surface area contributed by atoms with Crippen LogP contribution in [-0.2, 0) is 13.0 Å². The molecule has 0 saturated heterocycles. The minimum Gasteiger partial charge on any atom is -0.465 e. The van der Waals surface area contributed by atoms with Gasteiger partial charge in [0, 0.05) is 29.6 Å². The van der Waals surface area contributed by atoms with Gasteiger partial charge >= 0.3 is 6.09 Å². The molecule has 0 fully saturated rings. The van der Waals surface area contributed by atoms with Crippen LogP contribution in [0.4, 0.5) is 4.79 Å². The van der Waals surface area contributed by atoms with Crippen LogP contribution in [0.25, 0.3) is 0 Å². The van der Waals surface area contributed by atoms with Crippen molar-refractivity contribution in [2.45, 2.75) is 13.0 Å². The zero-order chi connectivity index (χ0) is 15.1. The van der Waals surface area contributed by atoms with E-state index in [-0.39, 0.29) is 29.4 Å². The normalized spacial score (nSPS) is 17.7. The maximum Gasteiger partial charge on any atom is 0.407 e. The average Bonchev–Trinajstić information content (AvgIpc) is 2.78. The molecule has 1 aliphatic rings. The molecule has 3 N–H and O–H groups in total. The molecule has 2 amide bonds. The summed E-state index contributed by atoms with van der Waals surface area (Å²) in [7, 11) is 0. The Morgan fingerprint density at radius 2 is 2.41 bits per heavy atom. The second-order valence-electron chi connectivity index (χ2n) is 3.59. The highest BCUT2D eigenvalue weighted by molar-refractivity contribution is 5.93. The van der Waals surface area contributed by atoms with Crippen molar-refractivity contribution >= 4 is 12.0 Å². The Hall–Kier alpha value is -2.09. The van der Waals surface area contributed by atoms with Crippen molar-refractivity contribution in [1.82, 2.24) is 20.2 Å². The minimum atomic E-state index is -3.00. The fourth-order valence-electron chi connectivity index (χ4n) is 1.74. The summed E-state index contributed by atoms with van der Waals surface area (Å²) in [4.78, 5) is 23.9. The van der Waals surface area contributed by atoms with Gasteiger partial charge in [-0.3, -0.25) is 15.1 Å². The molecule has 1 aliphatic heterocycles. The number of aromatic amines is 1. The van der Waals surface area contributed by atoms with Crippen LogP contribution >= 0.6 is 0 Å². The van der Waals surface area contributed by atoms with E-state index in [0.717, 1.165) is 4.90 Å². The summed E-state index contributed by atoms with van der Waals surface area (Å²) in [5.74, 6) is -1.18. The smallest absolute Gasteiger partial charge is 0.407 e. The summed E-state index contributed by atoms with van der Waals surface area (Å²) in [5, 5.41) is 24.1.